The van der Waals surface area contributed by atoms with Crippen LogP contribution in [0.1, 0.15) is 18.4 Å². The van der Waals surface area contributed by atoms with E-state index < -0.39 is 9.84 Å². The number of carbonyl (C=O) groups excluding carboxylic acids is 1. The van der Waals surface area contributed by atoms with E-state index in [9.17, 15) is 13.2 Å². The topological polar surface area (TPSA) is 98.5 Å². The third kappa shape index (κ3) is 6.59. The van der Waals surface area contributed by atoms with Crippen molar-refractivity contribution in [3.63, 3.8) is 0 Å². The summed E-state index contributed by atoms with van der Waals surface area (Å²) in [5, 5.41) is 2.75. The van der Waals surface area contributed by atoms with Gasteiger partial charge < -0.3 is 15.8 Å². The van der Waals surface area contributed by atoms with Gasteiger partial charge in [-0.2, -0.15) is 0 Å². The van der Waals surface area contributed by atoms with Crippen LogP contribution >= 0.6 is 0 Å². The van der Waals surface area contributed by atoms with Gasteiger partial charge in [0.2, 0.25) is 5.91 Å². The van der Waals surface area contributed by atoms with Gasteiger partial charge in [0.25, 0.3) is 0 Å². The van der Waals surface area contributed by atoms with Gasteiger partial charge in [-0.3, -0.25) is 4.79 Å². The van der Waals surface area contributed by atoms with E-state index in [0.29, 0.717) is 17.8 Å². The van der Waals surface area contributed by atoms with Crippen LogP contribution in [0.3, 0.4) is 0 Å². The van der Waals surface area contributed by atoms with Crippen LogP contribution in [0.25, 0.3) is 0 Å². The van der Waals surface area contributed by atoms with Gasteiger partial charge in [0, 0.05) is 24.9 Å². The van der Waals surface area contributed by atoms with Crippen LogP contribution < -0.4 is 11.1 Å². The fraction of sp³-hybridized carbons (Fsp3) is 0.500. The van der Waals surface area contributed by atoms with Crippen LogP contribution in [-0.4, -0.2) is 39.5 Å². The average Bonchev–Trinajstić information content (AvgIpc) is 2.39. The number of ether oxygens (including phenoxy) is 1. The molecular weight excluding hydrogens is 292 g/mol. The van der Waals surface area contributed by atoms with Gasteiger partial charge in [-0.15, -0.1) is 0 Å². The molecule has 0 aliphatic carbocycles. The number of amides is 1. The fourth-order valence-corrected chi connectivity index (χ4v) is 3.01. The quantitative estimate of drug-likeness (QED) is 0.706. The Balaban J connectivity index is 2.41. The first-order valence-electron chi connectivity index (χ1n) is 6.69. The number of carbonyl (C=O) groups is 1. The van der Waals surface area contributed by atoms with Crippen molar-refractivity contribution in [3.05, 3.63) is 23.8 Å². The number of nitrogen functional groups attached to an aromatic ring is 1. The molecule has 1 amide bonds. The third-order valence-corrected chi connectivity index (χ3v) is 4.68. The van der Waals surface area contributed by atoms with E-state index in [1.54, 1.807) is 18.2 Å². The van der Waals surface area contributed by atoms with Crippen LogP contribution in [0.15, 0.2) is 18.2 Å². The van der Waals surface area contributed by atoms with Crippen LogP contribution in [0.5, 0.6) is 0 Å². The summed E-state index contributed by atoms with van der Waals surface area (Å²) in [6, 6.07) is 5.21. The molecule has 0 saturated carbocycles. The lowest BCUT2D eigenvalue weighted by atomic mass is 10.1. The van der Waals surface area contributed by atoms with Crippen LogP contribution in [-0.2, 0) is 19.4 Å². The number of hydrogen-bond donors (Lipinski definition) is 2. The van der Waals surface area contributed by atoms with E-state index in [4.69, 9.17) is 10.5 Å². The summed E-state index contributed by atoms with van der Waals surface area (Å²) in [5.41, 5.74) is 7.83. The first kappa shape index (κ1) is 17.5. The number of methoxy groups -OCH3 is 1. The average molecular weight is 314 g/mol. The van der Waals surface area contributed by atoms with Gasteiger partial charge in [-0.25, -0.2) is 8.42 Å². The smallest absolute Gasteiger partial charge is 0.224 e. The number of sulfone groups is 1. The molecule has 7 heteroatoms. The summed E-state index contributed by atoms with van der Waals surface area (Å²) in [5.74, 6) is -0.225. The van der Waals surface area contributed by atoms with Crippen molar-refractivity contribution in [2.24, 2.45) is 0 Å². The molecular formula is C14H22N2O4S. The standard InChI is InChI=1S/C14H22N2O4S/c1-11-10-12(15)5-6-13(11)16-14(17)4-3-8-21(18,19)9-7-20-2/h5-6,10H,3-4,7-9,15H2,1-2H3,(H,16,17). The Labute approximate surface area is 125 Å². The van der Waals surface area contributed by atoms with Gasteiger partial charge >= 0.3 is 0 Å². The minimum absolute atomic E-state index is 0.00942. The predicted molar refractivity (Wildman–Crippen MR) is 84.0 cm³/mol. The second kappa shape index (κ2) is 7.99. The Kier molecular flexibility index (Phi) is 6.64. The molecule has 3 N–H and O–H groups in total. The number of nitrogens with one attached hydrogen (secondary N) is 1. The molecule has 0 spiro atoms. The highest BCUT2D eigenvalue weighted by atomic mass is 32.2. The molecule has 0 unspecified atom stereocenters. The summed E-state index contributed by atoms with van der Waals surface area (Å²) in [6.07, 6.45) is 0.460. The maximum atomic E-state index is 11.8. The fourth-order valence-electron chi connectivity index (χ4n) is 1.80. The molecule has 118 valence electrons. The van der Waals surface area contributed by atoms with E-state index in [1.165, 1.54) is 7.11 Å². The van der Waals surface area contributed by atoms with Gasteiger partial charge in [0.05, 0.1) is 18.1 Å². The Morgan fingerprint density at radius 3 is 2.67 bits per heavy atom. The number of rotatable bonds is 8. The highest BCUT2D eigenvalue weighted by molar-refractivity contribution is 7.91. The van der Waals surface area contributed by atoms with E-state index in [-0.39, 0.29) is 30.4 Å². The Bertz CT molecular complexity index is 585. The van der Waals surface area contributed by atoms with Crippen molar-refractivity contribution < 1.29 is 17.9 Å². The molecule has 0 heterocycles. The highest BCUT2D eigenvalue weighted by Crippen LogP contribution is 2.17. The van der Waals surface area contributed by atoms with Gasteiger partial charge in [0.15, 0.2) is 9.84 Å². The number of aryl methyl sites for hydroxylation is 1. The molecule has 1 aromatic rings. The zero-order valence-electron chi connectivity index (χ0n) is 12.4. The Hall–Kier alpha value is -1.60. The van der Waals surface area contributed by atoms with E-state index in [2.05, 4.69) is 5.32 Å². The lowest BCUT2D eigenvalue weighted by Gasteiger charge is -2.09. The molecule has 0 aromatic heterocycles. The SMILES string of the molecule is COCCS(=O)(=O)CCCC(=O)Nc1ccc(N)cc1C. The second-order valence-electron chi connectivity index (χ2n) is 4.87. The Morgan fingerprint density at radius 2 is 2.05 bits per heavy atom. The number of nitrogens with two attached hydrogens (primary N) is 1. The first-order chi connectivity index (χ1) is 9.84. The minimum Gasteiger partial charge on any atom is -0.399 e. The van der Waals surface area contributed by atoms with Gasteiger partial charge in [-0.1, -0.05) is 0 Å². The molecule has 0 radical (unpaired) electrons. The summed E-state index contributed by atoms with van der Waals surface area (Å²) in [4.78, 5) is 11.8. The van der Waals surface area contributed by atoms with E-state index >= 15 is 0 Å². The maximum absolute atomic E-state index is 11.8. The molecule has 0 atom stereocenters. The third-order valence-electron chi connectivity index (χ3n) is 2.98. The minimum atomic E-state index is -3.15. The van der Waals surface area contributed by atoms with Crippen LogP contribution in [0.2, 0.25) is 0 Å². The van der Waals surface area contributed by atoms with Crippen molar-refractivity contribution >= 4 is 27.1 Å². The molecule has 0 aliphatic rings. The van der Waals surface area contributed by atoms with Crippen LogP contribution in [0.4, 0.5) is 11.4 Å². The first-order valence-corrected chi connectivity index (χ1v) is 8.51. The summed E-state index contributed by atoms with van der Waals surface area (Å²) < 4.78 is 27.9. The lowest BCUT2D eigenvalue weighted by molar-refractivity contribution is -0.116. The van der Waals surface area contributed by atoms with Crippen molar-refractivity contribution in [2.45, 2.75) is 19.8 Å². The zero-order chi connectivity index (χ0) is 15.9. The predicted octanol–water partition coefficient (Wildman–Crippen LogP) is 1.36. The molecule has 1 rings (SSSR count). The zero-order valence-corrected chi connectivity index (χ0v) is 13.2. The molecule has 0 saturated heterocycles. The largest absolute Gasteiger partial charge is 0.399 e. The molecule has 0 aliphatic heterocycles. The van der Waals surface area contributed by atoms with E-state index in [0.717, 1.165) is 5.56 Å². The van der Waals surface area contributed by atoms with Crippen molar-refractivity contribution in [1.29, 1.82) is 0 Å². The van der Waals surface area contributed by atoms with Crippen molar-refractivity contribution in [2.75, 3.05) is 36.3 Å². The Morgan fingerprint density at radius 1 is 1.33 bits per heavy atom. The molecule has 6 nitrogen and oxygen atoms in total. The number of anilines is 2. The molecule has 0 fully saturated rings. The van der Waals surface area contributed by atoms with Gasteiger partial charge in [0.1, 0.15) is 0 Å². The van der Waals surface area contributed by atoms with Crippen molar-refractivity contribution in [3.8, 4) is 0 Å². The molecule has 1 aromatic carbocycles. The molecule has 21 heavy (non-hydrogen) atoms. The summed E-state index contributed by atoms with van der Waals surface area (Å²) in [7, 11) is -1.69. The molecule has 0 bridgehead atoms. The van der Waals surface area contributed by atoms with E-state index in [1.807, 2.05) is 6.92 Å². The maximum Gasteiger partial charge on any atom is 0.224 e. The van der Waals surface area contributed by atoms with Crippen molar-refractivity contribution in [1.82, 2.24) is 0 Å². The monoisotopic (exact) mass is 314 g/mol. The number of benzene rings is 1. The lowest BCUT2D eigenvalue weighted by Crippen LogP contribution is -2.18. The second-order valence-corrected chi connectivity index (χ2v) is 7.17. The summed E-state index contributed by atoms with van der Waals surface area (Å²) in [6.45, 7) is 2.03. The normalized spacial score (nSPS) is 11.3. The highest BCUT2D eigenvalue weighted by Gasteiger charge is 2.12. The number of hydrogen-bond acceptors (Lipinski definition) is 5. The van der Waals surface area contributed by atoms with Gasteiger partial charge in [-0.05, 0) is 37.1 Å². The summed E-state index contributed by atoms with van der Waals surface area (Å²) >= 11 is 0. The van der Waals surface area contributed by atoms with Crippen LogP contribution in [0, 0.1) is 6.92 Å².